The summed E-state index contributed by atoms with van der Waals surface area (Å²) in [5.74, 6) is -1.03. The second-order valence-electron chi connectivity index (χ2n) is 3.28. The van der Waals surface area contributed by atoms with Gasteiger partial charge in [-0.3, -0.25) is 4.79 Å². The van der Waals surface area contributed by atoms with Crippen LogP contribution in [0, 0.1) is 0 Å². The number of nitrogens with one attached hydrogen (secondary N) is 1. The summed E-state index contributed by atoms with van der Waals surface area (Å²) in [5.41, 5.74) is 0. The molecule has 7 heteroatoms. The van der Waals surface area contributed by atoms with Crippen LogP contribution in [0.15, 0.2) is 18.7 Å². The summed E-state index contributed by atoms with van der Waals surface area (Å²) in [7, 11) is 1.43. The molecule has 0 spiro atoms. The lowest BCUT2D eigenvalue weighted by atomic mass is 10.5. The summed E-state index contributed by atoms with van der Waals surface area (Å²) in [6.07, 6.45) is 5.08. The molecule has 88 valence electrons. The number of aromatic nitrogens is 2. The number of rotatable bonds is 5. The van der Waals surface area contributed by atoms with Gasteiger partial charge in [0.25, 0.3) is 0 Å². The zero-order valence-electron chi connectivity index (χ0n) is 8.96. The highest BCUT2D eigenvalue weighted by molar-refractivity contribution is 5.79. The Balaban J connectivity index is 2.22. The molecule has 1 rings (SSSR count). The molecular formula is C9H14N4O3. The van der Waals surface area contributed by atoms with Gasteiger partial charge in [-0.2, -0.15) is 0 Å². The molecule has 16 heavy (non-hydrogen) atoms. The number of carboxylic acids is 1. The Morgan fingerprint density at radius 2 is 2.31 bits per heavy atom. The number of amides is 2. The van der Waals surface area contributed by atoms with E-state index in [0.29, 0.717) is 13.1 Å². The van der Waals surface area contributed by atoms with E-state index in [2.05, 4.69) is 10.3 Å². The number of hydrogen-bond donors (Lipinski definition) is 2. The maximum atomic E-state index is 11.3. The third-order valence-corrected chi connectivity index (χ3v) is 1.92. The number of urea groups is 1. The van der Waals surface area contributed by atoms with Crippen LogP contribution in [-0.2, 0) is 11.3 Å². The third-order valence-electron chi connectivity index (χ3n) is 1.92. The molecule has 0 radical (unpaired) electrons. The molecule has 1 aromatic rings. The minimum Gasteiger partial charge on any atom is -0.480 e. The summed E-state index contributed by atoms with van der Waals surface area (Å²) in [4.78, 5) is 26.6. The van der Waals surface area contributed by atoms with Crippen LogP contribution in [0.2, 0.25) is 0 Å². The Bertz CT molecular complexity index is 350. The van der Waals surface area contributed by atoms with Crippen LogP contribution in [0.5, 0.6) is 0 Å². The first kappa shape index (κ1) is 12.0. The van der Waals surface area contributed by atoms with Crippen LogP contribution >= 0.6 is 0 Å². The molecule has 0 fully saturated rings. The normalized spacial score (nSPS) is 9.81. The zero-order chi connectivity index (χ0) is 12.0. The van der Waals surface area contributed by atoms with Crippen molar-refractivity contribution in [2.75, 3.05) is 20.1 Å². The first-order chi connectivity index (χ1) is 7.59. The Labute approximate surface area is 92.7 Å². The molecule has 1 heterocycles. The van der Waals surface area contributed by atoms with Gasteiger partial charge in [-0.05, 0) is 0 Å². The molecule has 0 atom stereocenters. The van der Waals surface area contributed by atoms with Gasteiger partial charge in [0.1, 0.15) is 6.54 Å². The quantitative estimate of drug-likeness (QED) is 0.715. The fraction of sp³-hybridized carbons (Fsp3) is 0.444. The van der Waals surface area contributed by atoms with Crippen molar-refractivity contribution < 1.29 is 14.7 Å². The molecule has 1 aromatic heterocycles. The second-order valence-corrected chi connectivity index (χ2v) is 3.28. The third kappa shape index (κ3) is 3.99. The van der Waals surface area contributed by atoms with Crippen molar-refractivity contribution in [3.63, 3.8) is 0 Å². The predicted molar refractivity (Wildman–Crippen MR) is 55.9 cm³/mol. The van der Waals surface area contributed by atoms with E-state index in [4.69, 9.17) is 5.11 Å². The van der Waals surface area contributed by atoms with Crippen molar-refractivity contribution in [1.82, 2.24) is 19.8 Å². The van der Waals surface area contributed by atoms with E-state index in [-0.39, 0.29) is 6.54 Å². The average Bonchev–Trinajstić information content (AvgIpc) is 2.69. The summed E-state index contributed by atoms with van der Waals surface area (Å²) in [5, 5.41) is 11.1. The Morgan fingerprint density at radius 1 is 1.56 bits per heavy atom. The molecule has 0 aliphatic heterocycles. The van der Waals surface area contributed by atoms with Crippen LogP contribution in [0.25, 0.3) is 0 Å². The number of likely N-dealkylation sites (N-methyl/N-ethyl adjacent to an activating group) is 1. The maximum Gasteiger partial charge on any atom is 0.323 e. The molecule has 0 saturated carbocycles. The molecule has 0 unspecified atom stereocenters. The first-order valence-electron chi connectivity index (χ1n) is 4.76. The minimum atomic E-state index is -1.03. The molecule has 0 aromatic carbocycles. The molecule has 0 aliphatic carbocycles. The summed E-state index contributed by atoms with van der Waals surface area (Å²) in [6, 6.07) is -0.400. The van der Waals surface area contributed by atoms with Crippen LogP contribution in [0.1, 0.15) is 0 Å². The molecular weight excluding hydrogens is 212 g/mol. The Hall–Kier alpha value is -2.05. The molecule has 0 bridgehead atoms. The van der Waals surface area contributed by atoms with Crippen molar-refractivity contribution in [2.24, 2.45) is 0 Å². The van der Waals surface area contributed by atoms with Gasteiger partial charge in [0, 0.05) is 32.5 Å². The monoisotopic (exact) mass is 226 g/mol. The van der Waals surface area contributed by atoms with Crippen LogP contribution in [0.3, 0.4) is 0 Å². The number of carbonyl (C=O) groups excluding carboxylic acids is 1. The number of carboxylic acid groups (broad SMARTS) is 1. The number of hydrogen-bond acceptors (Lipinski definition) is 3. The number of imidazole rings is 1. The van der Waals surface area contributed by atoms with E-state index in [9.17, 15) is 9.59 Å². The lowest BCUT2D eigenvalue weighted by Gasteiger charge is -2.15. The SMILES string of the molecule is CN(CC(=O)O)C(=O)NCCn1ccnc1. The first-order valence-corrected chi connectivity index (χ1v) is 4.76. The molecule has 7 nitrogen and oxygen atoms in total. The van der Waals surface area contributed by atoms with Gasteiger partial charge in [0.15, 0.2) is 0 Å². The fourth-order valence-electron chi connectivity index (χ4n) is 1.12. The highest BCUT2D eigenvalue weighted by Gasteiger charge is 2.10. The van der Waals surface area contributed by atoms with Crippen LogP contribution in [-0.4, -0.2) is 51.7 Å². The predicted octanol–water partition coefficient (Wildman–Crippen LogP) is -0.391. The van der Waals surface area contributed by atoms with Crippen molar-refractivity contribution in [2.45, 2.75) is 6.54 Å². The van der Waals surface area contributed by atoms with Gasteiger partial charge in [-0.1, -0.05) is 0 Å². The van der Waals surface area contributed by atoms with Gasteiger partial charge in [-0.25, -0.2) is 9.78 Å². The molecule has 0 aliphatic rings. The highest BCUT2D eigenvalue weighted by atomic mass is 16.4. The van der Waals surface area contributed by atoms with Crippen LogP contribution in [0.4, 0.5) is 4.79 Å². The topological polar surface area (TPSA) is 87.5 Å². The molecule has 2 N–H and O–H groups in total. The van der Waals surface area contributed by atoms with Crippen molar-refractivity contribution in [1.29, 1.82) is 0 Å². The van der Waals surface area contributed by atoms with E-state index < -0.39 is 12.0 Å². The molecule has 0 saturated heterocycles. The maximum absolute atomic E-state index is 11.3. The van der Waals surface area contributed by atoms with E-state index in [1.165, 1.54) is 7.05 Å². The summed E-state index contributed by atoms with van der Waals surface area (Å²) in [6.45, 7) is 0.725. The second kappa shape index (κ2) is 5.74. The zero-order valence-corrected chi connectivity index (χ0v) is 8.96. The van der Waals surface area contributed by atoms with Crippen molar-refractivity contribution >= 4 is 12.0 Å². The minimum absolute atomic E-state index is 0.309. The number of nitrogens with zero attached hydrogens (tertiary/aromatic N) is 3. The fourth-order valence-corrected chi connectivity index (χ4v) is 1.12. The van der Waals surface area contributed by atoms with Gasteiger partial charge in [0.05, 0.1) is 6.33 Å². The Morgan fingerprint density at radius 3 is 2.88 bits per heavy atom. The van der Waals surface area contributed by atoms with Gasteiger partial charge < -0.3 is 19.9 Å². The van der Waals surface area contributed by atoms with Crippen molar-refractivity contribution in [3.8, 4) is 0 Å². The lowest BCUT2D eigenvalue weighted by Crippen LogP contribution is -2.41. The van der Waals surface area contributed by atoms with Gasteiger partial charge >= 0.3 is 12.0 Å². The van der Waals surface area contributed by atoms with Crippen molar-refractivity contribution in [3.05, 3.63) is 18.7 Å². The Kier molecular flexibility index (Phi) is 4.31. The van der Waals surface area contributed by atoms with E-state index in [0.717, 1.165) is 4.90 Å². The number of aliphatic carboxylic acids is 1. The largest absolute Gasteiger partial charge is 0.480 e. The van der Waals surface area contributed by atoms with E-state index >= 15 is 0 Å². The van der Waals surface area contributed by atoms with Gasteiger partial charge in [0.2, 0.25) is 0 Å². The van der Waals surface area contributed by atoms with Crippen LogP contribution < -0.4 is 5.32 Å². The average molecular weight is 226 g/mol. The van der Waals surface area contributed by atoms with Gasteiger partial charge in [-0.15, -0.1) is 0 Å². The van der Waals surface area contributed by atoms with E-state index in [1.807, 2.05) is 4.57 Å². The molecule has 2 amide bonds. The lowest BCUT2D eigenvalue weighted by molar-refractivity contribution is -0.137. The summed E-state index contributed by atoms with van der Waals surface area (Å²) < 4.78 is 1.82. The highest BCUT2D eigenvalue weighted by Crippen LogP contribution is 1.86. The standard InChI is InChI=1S/C9H14N4O3/c1-12(6-8(14)15)9(16)11-3-5-13-4-2-10-7-13/h2,4,7H,3,5-6H2,1H3,(H,11,16)(H,14,15). The smallest absolute Gasteiger partial charge is 0.323 e. The van der Waals surface area contributed by atoms with E-state index in [1.54, 1.807) is 18.7 Å². The number of carbonyl (C=O) groups is 2. The summed E-state index contributed by atoms with van der Waals surface area (Å²) >= 11 is 0.